The number of ether oxygens (including phenoxy) is 1. The number of aryl methyl sites for hydroxylation is 1. The van der Waals surface area contributed by atoms with Crippen LogP contribution in [0.1, 0.15) is 25.8 Å². The minimum absolute atomic E-state index is 0.297. The standard InChI is InChI=1S/C18H28N2O2/c1-15(2)14-18(21)20-10-8-19(9-11-20)12-13-22-17-7-5-4-6-16(17)3/h4-7,15H,8-14H2,1-3H3. The molecular weight excluding hydrogens is 276 g/mol. The molecule has 122 valence electrons. The molecular formula is C18H28N2O2. The Morgan fingerprint density at radius 3 is 2.50 bits per heavy atom. The lowest BCUT2D eigenvalue weighted by molar-refractivity contribution is -0.133. The van der Waals surface area contributed by atoms with Crippen molar-refractivity contribution in [2.24, 2.45) is 5.92 Å². The third-order valence-corrected chi connectivity index (χ3v) is 4.07. The molecule has 0 aromatic heterocycles. The van der Waals surface area contributed by atoms with E-state index < -0.39 is 0 Å². The molecule has 0 aliphatic carbocycles. The van der Waals surface area contributed by atoms with Gasteiger partial charge in [-0.3, -0.25) is 9.69 Å². The van der Waals surface area contributed by atoms with Gasteiger partial charge in [-0.05, 0) is 24.5 Å². The first-order valence-electron chi connectivity index (χ1n) is 8.25. The second kappa shape index (κ2) is 8.18. The minimum atomic E-state index is 0.297. The second-order valence-corrected chi connectivity index (χ2v) is 6.43. The van der Waals surface area contributed by atoms with Gasteiger partial charge in [0.2, 0.25) is 5.91 Å². The average Bonchev–Trinajstić information content (AvgIpc) is 2.49. The molecule has 1 heterocycles. The van der Waals surface area contributed by atoms with Gasteiger partial charge in [0.1, 0.15) is 12.4 Å². The summed E-state index contributed by atoms with van der Waals surface area (Å²) < 4.78 is 5.84. The van der Waals surface area contributed by atoms with Crippen molar-refractivity contribution in [3.63, 3.8) is 0 Å². The zero-order chi connectivity index (χ0) is 15.9. The monoisotopic (exact) mass is 304 g/mol. The van der Waals surface area contributed by atoms with Crippen molar-refractivity contribution in [3.8, 4) is 5.75 Å². The van der Waals surface area contributed by atoms with Gasteiger partial charge < -0.3 is 9.64 Å². The molecule has 4 nitrogen and oxygen atoms in total. The zero-order valence-electron chi connectivity index (χ0n) is 14.0. The first-order chi connectivity index (χ1) is 10.6. The number of carbonyl (C=O) groups excluding carboxylic acids is 1. The molecule has 1 aliphatic heterocycles. The lowest BCUT2D eigenvalue weighted by atomic mass is 10.1. The van der Waals surface area contributed by atoms with Gasteiger partial charge >= 0.3 is 0 Å². The number of nitrogens with zero attached hydrogens (tertiary/aromatic N) is 2. The molecule has 0 radical (unpaired) electrons. The molecule has 1 aliphatic rings. The number of hydrogen-bond donors (Lipinski definition) is 0. The molecule has 0 N–H and O–H groups in total. The highest BCUT2D eigenvalue weighted by atomic mass is 16.5. The van der Waals surface area contributed by atoms with Gasteiger partial charge in [-0.2, -0.15) is 0 Å². The lowest BCUT2D eigenvalue weighted by Gasteiger charge is -2.35. The van der Waals surface area contributed by atoms with Gasteiger partial charge in [0.25, 0.3) is 0 Å². The fourth-order valence-electron chi connectivity index (χ4n) is 2.70. The zero-order valence-corrected chi connectivity index (χ0v) is 14.0. The molecule has 0 spiro atoms. The van der Waals surface area contributed by atoms with E-state index in [-0.39, 0.29) is 0 Å². The molecule has 0 bridgehead atoms. The normalized spacial score (nSPS) is 16.1. The Labute approximate surface area is 134 Å². The van der Waals surface area contributed by atoms with Crippen molar-refractivity contribution < 1.29 is 9.53 Å². The molecule has 0 unspecified atom stereocenters. The Balaban J connectivity index is 1.67. The first kappa shape index (κ1) is 16.8. The SMILES string of the molecule is Cc1ccccc1OCCN1CCN(C(=O)CC(C)C)CC1. The van der Waals surface area contributed by atoms with Crippen LogP contribution in [0.2, 0.25) is 0 Å². The average molecular weight is 304 g/mol. The Kier molecular flexibility index (Phi) is 6.25. The van der Waals surface area contributed by atoms with E-state index in [1.807, 2.05) is 23.1 Å². The maximum atomic E-state index is 12.0. The van der Waals surface area contributed by atoms with Crippen LogP contribution < -0.4 is 4.74 Å². The summed E-state index contributed by atoms with van der Waals surface area (Å²) in [6, 6.07) is 8.10. The van der Waals surface area contributed by atoms with Crippen LogP contribution in [0.3, 0.4) is 0 Å². The predicted molar refractivity (Wildman–Crippen MR) is 89.1 cm³/mol. The summed E-state index contributed by atoms with van der Waals surface area (Å²) in [4.78, 5) is 16.4. The predicted octanol–water partition coefficient (Wildman–Crippen LogP) is 2.56. The number of benzene rings is 1. The largest absolute Gasteiger partial charge is 0.492 e. The maximum Gasteiger partial charge on any atom is 0.222 e. The smallest absolute Gasteiger partial charge is 0.222 e. The van der Waals surface area contributed by atoms with Gasteiger partial charge in [-0.1, -0.05) is 32.0 Å². The number of amides is 1. The summed E-state index contributed by atoms with van der Waals surface area (Å²) in [5.74, 6) is 1.70. The molecule has 0 saturated carbocycles. The van der Waals surface area contributed by atoms with E-state index in [0.29, 0.717) is 24.9 Å². The molecule has 2 rings (SSSR count). The quantitative estimate of drug-likeness (QED) is 0.810. The van der Waals surface area contributed by atoms with Crippen molar-refractivity contribution in [1.82, 2.24) is 9.80 Å². The third kappa shape index (κ3) is 5.02. The summed E-state index contributed by atoms with van der Waals surface area (Å²) in [5, 5.41) is 0. The molecule has 1 aromatic carbocycles. The number of hydrogen-bond acceptors (Lipinski definition) is 3. The van der Waals surface area contributed by atoms with Crippen molar-refractivity contribution in [3.05, 3.63) is 29.8 Å². The lowest BCUT2D eigenvalue weighted by Crippen LogP contribution is -2.49. The van der Waals surface area contributed by atoms with E-state index in [2.05, 4.69) is 31.7 Å². The Hall–Kier alpha value is -1.55. The van der Waals surface area contributed by atoms with Crippen LogP contribution >= 0.6 is 0 Å². The summed E-state index contributed by atoms with van der Waals surface area (Å²) in [5.41, 5.74) is 1.17. The highest BCUT2D eigenvalue weighted by Gasteiger charge is 2.21. The van der Waals surface area contributed by atoms with E-state index in [0.717, 1.165) is 38.5 Å². The van der Waals surface area contributed by atoms with Crippen LogP contribution in [-0.2, 0) is 4.79 Å². The van der Waals surface area contributed by atoms with Crippen LogP contribution in [0.15, 0.2) is 24.3 Å². The van der Waals surface area contributed by atoms with E-state index in [1.54, 1.807) is 0 Å². The van der Waals surface area contributed by atoms with E-state index in [9.17, 15) is 4.79 Å². The minimum Gasteiger partial charge on any atom is -0.492 e. The van der Waals surface area contributed by atoms with Crippen molar-refractivity contribution in [2.75, 3.05) is 39.3 Å². The Morgan fingerprint density at radius 2 is 1.86 bits per heavy atom. The van der Waals surface area contributed by atoms with E-state index in [1.165, 1.54) is 5.56 Å². The van der Waals surface area contributed by atoms with Crippen molar-refractivity contribution in [2.45, 2.75) is 27.2 Å². The van der Waals surface area contributed by atoms with Gasteiger partial charge in [0.05, 0.1) is 0 Å². The highest BCUT2D eigenvalue weighted by molar-refractivity contribution is 5.76. The van der Waals surface area contributed by atoms with Crippen molar-refractivity contribution >= 4 is 5.91 Å². The topological polar surface area (TPSA) is 32.8 Å². The third-order valence-electron chi connectivity index (χ3n) is 4.07. The van der Waals surface area contributed by atoms with Gasteiger partial charge in [-0.25, -0.2) is 0 Å². The molecule has 1 amide bonds. The number of piperazine rings is 1. The molecule has 4 heteroatoms. The van der Waals surface area contributed by atoms with Crippen LogP contribution in [0.25, 0.3) is 0 Å². The summed E-state index contributed by atoms with van der Waals surface area (Å²) in [6.07, 6.45) is 0.663. The van der Waals surface area contributed by atoms with Gasteiger partial charge in [0.15, 0.2) is 0 Å². The molecule has 1 saturated heterocycles. The highest BCUT2D eigenvalue weighted by Crippen LogP contribution is 2.16. The van der Waals surface area contributed by atoms with Gasteiger partial charge in [0, 0.05) is 39.1 Å². The number of para-hydroxylation sites is 1. The van der Waals surface area contributed by atoms with Crippen LogP contribution in [-0.4, -0.2) is 55.0 Å². The molecule has 1 fully saturated rings. The first-order valence-corrected chi connectivity index (χ1v) is 8.25. The summed E-state index contributed by atoms with van der Waals surface area (Å²) in [7, 11) is 0. The van der Waals surface area contributed by atoms with Crippen LogP contribution in [0.4, 0.5) is 0 Å². The Morgan fingerprint density at radius 1 is 1.18 bits per heavy atom. The Bertz CT molecular complexity index is 480. The number of carbonyl (C=O) groups is 1. The second-order valence-electron chi connectivity index (χ2n) is 6.43. The fourth-order valence-corrected chi connectivity index (χ4v) is 2.70. The van der Waals surface area contributed by atoms with E-state index >= 15 is 0 Å². The molecule has 0 atom stereocenters. The van der Waals surface area contributed by atoms with Crippen LogP contribution in [0.5, 0.6) is 5.75 Å². The van der Waals surface area contributed by atoms with Gasteiger partial charge in [-0.15, -0.1) is 0 Å². The molecule has 22 heavy (non-hydrogen) atoms. The summed E-state index contributed by atoms with van der Waals surface area (Å²) >= 11 is 0. The van der Waals surface area contributed by atoms with Crippen LogP contribution in [0, 0.1) is 12.8 Å². The van der Waals surface area contributed by atoms with Crippen molar-refractivity contribution in [1.29, 1.82) is 0 Å². The maximum absolute atomic E-state index is 12.0. The fraction of sp³-hybridized carbons (Fsp3) is 0.611. The summed E-state index contributed by atoms with van der Waals surface area (Å²) in [6.45, 7) is 11.4. The van der Waals surface area contributed by atoms with E-state index in [4.69, 9.17) is 4.74 Å². The number of rotatable bonds is 6. The molecule has 1 aromatic rings.